The van der Waals surface area contributed by atoms with E-state index in [2.05, 4.69) is 31.1 Å². The van der Waals surface area contributed by atoms with Gasteiger partial charge in [0.25, 0.3) is 0 Å². The molecule has 2 aromatic rings. The molecule has 0 bridgehead atoms. The summed E-state index contributed by atoms with van der Waals surface area (Å²) in [5.74, 6) is 0. The van der Waals surface area contributed by atoms with Crippen LogP contribution in [0.1, 0.15) is 39.7 Å². The Morgan fingerprint density at radius 3 is 2.60 bits per heavy atom. The van der Waals surface area contributed by atoms with Gasteiger partial charge in [-0.1, -0.05) is 18.2 Å². The highest BCUT2D eigenvalue weighted by atomic mass is 16.3. The minimum atomic E-state index is -0.860. The number of hydrogen-bond donors (Lipinski definition) is 2. The van der Waals surface area contributed by atoms with Gasteiger partial charge in [-0.2, -0.15) is 0 Å². The normalized spacial score (nSPS) is 15.2. The lowest BCUT2D eigenvalue weighted by Gasteiger charge is -2.28. The Hall–Kier alpha value is -1.45. The van der Waals surface area contributed by atoms with Crippen LogP contribution < -0.4 is 5.32 Å². The van der Waals surface area contributed by atoms with Gasteiger partial charge < -0.3 is 10.4 Å². The number of pyridine rings is 1. The molecule has 0 spiro atoms. The second kappa shape index (κ2) is 5.51. The number of hydrogen-bond acceptors (Lipinski definition) is 3. The highest BCUT2D eigenvalue weighted by Crippen LogP contribution is 2.30. The maximum atomic E-state index is 10.8. The second-order valence-corrected chi connectivity index (χ2v) is 6.60. The molecule has 0 aliphatic heterocycles. The third kappa shape index (κ3) is 3.56. The van der Waals surface area contributed by atoms with E-state index in [-0.39, 0.29) is 5.54 Å². The van der Waals surface area contributed by atoms with Crippen LogP contribution in [0.25, 0.3) is 10.8 Å². The molecule has 2 rings (SSSR count). The first-order valence-electron chi connectivity index (χ1n) is 7.10. The van der Waals surface area contributed by atoms with E-state index < -0.39 is 5.60 Å². The number of benzene rings is 1. The van der Waals surface area contributed by atoms with E-state index in [1.54, 1.807) is 6.20 Å². The Kier molecular flexibility index (Phi) is 4.11. The fourth-order valence-electron chi connectivity index (χ4n) is 2.40. The molecule has 3 heteroatoms. The van der Waals surface area contributed by atoms with Crippen molar-refractivity contribution in [3.05, 3.63) is 42.2 Å². The Morgan fingerprint density at radius 2 is 1.90 bits per heavy atom. The first-order chi connectivity index (χ1) is 9.30. The molecular formula is C17H24N2O. The molecule has 1 aromatic carbocycles. The van der Waals surface area contributed by atoms with Gasteiger partial charge in [-0.05, 0) is 57.7 Å². The number of fused-ring (bicyclic) bond motifs is 1. The predicted molar refractivity (Wildman–Crippen MR) is 83.7 cm³/mol. The molecule has 0 aliphatic carbocycles. The molecule has 108 valence electrons. The number of nitrogens with zero attached hydrogens (tertiary/aromatic N) is 1. The standard InChI is InChI=1S/C17H24N2O/c1-16(2,3)19-11-9-17(4,20)15-7-5-6-13-8-10-18-12-14(13)15/h5-8,10,12,19-20H,9,11H2,1-4H3. The molecule has 0 saturated heterocycles. The molecule has 0 saturated carbocycles. The summed E-state index contributed by atoms with van der Waals surface area (Å²) in [5, 5.41) is 16.4. The third-order valence-corrected chi connectivity index (χ3v) is 3.53. The zero-order chi connectivity index (χ0) is 14.8. The van der Waals surface area contributed by atoms with Crippen LogP contribution in [0.2, 0.25) is 0 Å². The number of aliphatic hydroxyl groups is 1. The van der Waals surface area contributed by atoms with Gasteiger partial charge in [0.2, 0.25) is 0 Å². The van der Waals surface area contributed by atoms with Gasteiger partial charge in [-0.3, -0.25) is 4.98 Å². The van der Waals surface area contributed by atoms with E-state index in [9.17, 15) is 5.11 Å². The molecule has 1 unspecified atom stereocenters. The lowest BCUT2D eigenvalue weighted by molar-refractivity contribution is 0.0479. The summed E-state index contributed by atoms with van der Waals surface area (Å²) in [6.45, 7) is 9.03. The molecular weight excluding hydrogens is 248 g/mol. The summed E-state index contributed by atoms with van der Waals surface area (Å²) < 4.78 is 0. The molecule has 1 atom stereocenters. The van der Waals surface area contributed by atoms with Crippen LogP contribution in [0, 0.1) is 0 Å². The summed E-state index contributed by atoms with van der Waals surface area (Å²) in [7, 11) is 0. The average molecular weight is 272 g/mol. The molecule has 2 N–H and O–H groups in total. The Bertz CT molecular complexity index is 580. The second-order valence-electron chi connectivity index (χ2n) is 6.60. The summed E-state index contributed by atoms with van der Waals surface area (Å²) in [5.41, 5.74) is 0.149. The topological polar surface area (TPSA) is 45.1 Å². The Labute approximate surface area is 121 Å². The lowest BCUT2D eigenvalue weighted by atomic mass is 9.89. The van der Waals surface area contributed by atoms with Gasteiger partial charge in [0.05, 0.1) is 5.60 Å². The van der Waals surface area contributed by atoms with Crippen molar-refractivity contribution in [2.45, 2.75) is 45.3 Å². The van der Waals surface area contributed by atoms with Crippen molar-refractivity contribution in [2.75, 3.05) is 6.54 Å². The van der Waals surface area contributed by atoms with Crippen LogP contribution >= 0.6 is 0 Å². The minimum absolute atomic E-state index is 0.0659. The van der Waals surface area contributed by atoms with Gasteiger partial charge in [0.1, 0.15) is 0 Å². The van der Waals surface area contributed by atoms with Crippen molar-refractivity contribution in [3.8, 4) is 0 Å². The summed E-state index contributed by atoms with van der Waals surface area (Å²) >= 11 is 0. The molecule has 20 heavy (non-hydrogen) atoms. The Morgan fingerprint density at radius 1 is 1.15 bits per heavy atom. The molecule has 1 aromatic heterocycles. The fraction of sp³-hybridized carbons (Fsp3) is 0.471. The number of aromatic nitrogens is 1. The molecule has 0 radical (unpaired) electrons. The van der Waals surface area contributed by atoms with Crippen LogP contribution in [-0.4, -0.2) is 22.2 Å². The van der Waals surface area contributed by atoms with Crippen molar-refractivity contribution >= 4 is 10.8 Å². The van der Waals surface area contributed by atoms with Crippen LogP contribution in [0.4, 0.5) is 0 Å². The van der Waals surface area contributed by atoms with Crippen molar-refractivity contribution in [2.24, 2.45) is 0 Å². The molecule has 0 fully saturated rings. The zero-order valence-corrected chi connectivity index (χ0v) is 12.8. The molecule has 3 nitrogen and oxygen atoms in total. The van der Waals surface area contributed by atoms with Crippen LogP contribution in [0.15, 0.2) is 36.7 Å². The van der Waals surface area contributed by atoms with E-state index in [1.165, 1.54) is 0 Å². The van der Waals surface area contributed by atoms with Gasteiger partial charge in [-0.25, -0.2) is 0 Å². The van der Waals surface area contributed by atoms with Crippen LogP contribution in [-0.2, 0) is 5.60 Å². The maximum absolute atomic E-state index is 10.8. The van der Waals surface area contributed by atoms with E-state index in [0.29, 0.717) is 6.42 Å². The number of rotatable bonds is 4. The first-order valence-corrected chi connectivity index (χ1v) is 7.10. The third-order valence-electron chi connectivity index (χ3n) is 3.53. The van der Waals surface area contributed by atoms with Crippen molar-refractivity contribution < 1.29 is 5.11 Å². The minimum Gasteiger partial charge on any atom is -0.385 e. The SMILES string of the molecule is CC(C)(C)NCCC(C)(O)c1cccc2ccncc12. The van der Waals surface area contributed by atoms with Crippen molar-refractivity contribution in [1.82, 2.24) is 10.3 Å². The largest absolute Gasteiger partial charge is 0.385 e. The van der Waals surface area contributed by atoms with Crippen molar-refractivity contribution in [3.63, 3.8) is 0 Å². The maximum Gasteiger partial charge on any atom is 0.0887 e. The van der Waals surface area contributed by atoms with E-state index in [4.69, 9.17) is 0 Å². The summed E-state index contributed by atoms with van der Waals surface area (Å²) in [6.07, 6.45) is 4.27. The first kappa shape index (κ1) is 14.9. The monoisotopic (exact) mass is 272 g/mol. The average Bonchev–Trinajstić information content (AvgIpc) is 2.36. The van der Waals surface area contributed by atoms with E-state index in [1.807, 2.05) is 37.4 Å². The van der Waals surface area contributed by atoms with E-state index >= 15 is 0 Å². The van der Waals surface area contributed by atoms with Gasteiger partial charge in [0.15, 0.2) is 0 Å². The smallest absolute Gasteiger partial charge is 0.0887 e. The quantitative estimate of drug-likeness (QED) is 0.898. The summed E-state index contributed by atoms with van der Waals surface area (Å²) in [4.78, 5) is 4.18. The molecule has 0 amide bonds. The fourth-order valence-corrected chi connectivity index (χ4v) is 2.40. The predicted octanol–water partition coefficient (Wildman–Crippen LogP) is 3.22. The van der Waals surface area contributed by atoms with Crippen LogP contribution in [0.5, 0.6) is 0 Å². The van der Waals surface area contributed by atoms with E-state index in [0.717, 1.165) is 22.9 Å². The molecule has 0 aliphatic rings. The highest BCUT2D eigenvalue weighted by molar-refractivity contribution is 5.85. The molecule has 1 heterocycles. The zero-order valence-electron chi connectivity index (χ0n) is 12.8. The van der Waals surface area contributed by atoms with Gasteiger partial charge in [0, 0.05) is 23.3 Å². The van der Waals surface area contributed by atoms with Crippen LogP contribution in [0.3, 0.4) is 0 Å². The summed E-state index contributed by atoms with van der Waals surface area (Å²) in [6, 6.07) is 8.00. The number of nitrogens with one attached hydrogen (secondary N) is 1. The van der Waals surface area contributed by atoms with Gasteiger partial charge in [-0.15, -0.1) is 0 Å². The Balaban J connectivity index is 2.23. The lowest BCUT2D eigenvalue weighted by Crippen LogP contribution is -2.39. The highest BCUT2D eigenvalue weighted by Gasteiger charge is 2.25. The van der Waals surface area contributed by atoms with Gasteiger partial charge >= 0.3 is 0 Å². The van der Waals surface area contributed by atoms with Crippen molar-refractivity contribution in [1.29, 1.82) is 0 Å².